The number of aromatic nitrogens is 2. The molecule has 6 heteroatoms. The number of nitrogens with zero attached hydrogens (tertiary/aromatic N) is 2. The van der Waals surface area contributed by atoms with Crippen LogP contribution < -0.4 is 5.73 Å². The van der Waals surface area contributed by atoms with Crippen molar-refractivity contribution < 1.29 is 13.3 Å². The fourth-order valence-electron chi connectivity index (χ4n) is 1.37. The number of benzene rings is 1. The van der Waals surface area contributed by atoms with Gasteiger partial charge in [-0.3, -0.25) is 0 Å². The van der Waals surface area contributed by atoms with E-state index in [4.69, 9.17) is 10.3 Å². The first-order valence-electron chi connectivity index (χ1n) is 5.38. The summed E-state index contributed by atoms with van der Waals surface area (Å²) in [4.78, 5) is 4.06. The Bertz CT molecular complexity index is 587. The third kappa shape index (κ3) is 2.18. The lowest BCUT2D eigenvalue weighted by atomic mass is 9.97. The molecule has 0 saturated carbocycles. The van der Waals surface area contributed by atoms with Gasteiger partial charge in [0.1, 0.15) is 11.6 Å². The highest BCUT2D eigenvalue weighted by Gasteiger charge is 2.23. The summed E-state index contributed by atoms with van der Waals surface area (Å²) in [6.07, 6.45) is 0. The van der Waals surface area contributed by atoms with Gasteiger partial charge < -0.3 is 10.3 Å². The Morgan fingerprint density at radius 3 is 2.39 bits per heavy atom. The predicted molar refractivity (Wildman–Crippen MR) is 62.8 cm³/mol. The minimum Gasteiger partial charge on any atom is -0.396 e. The van der Waals surface area contributed by atoms with Crippen LogP contribution in [0.25, 0.3) is 11.4 Å². The Morgan fingerprint density at radius 2 is 1.83 bits per heavy atom. The molecular formula is C12H13F2N3O. The highest BCUT2D eigenvalue weighted by molar-refractivity contribution is 5.60. The number of halogens is 2. The van der Waals surface area contributed by atoms with Crippen LogP contribution in [0, 0.1) is 11.6 Å². The van der Waals surface area contributed by atoms with Crippen LogP contribution in [0.15, 0.2) is 16.7 Å². The highest BCUT2D eigenvalue weighted by atomic mass is 19.1. The van der Waals surface area contributed by atoms with Crippen LogP contribution in [0.5, 0.6) is 0 Å². The van der Waals surface area contributed by atoms with Crippen LogP contribution in [-0.2, 0) is 5.41 Å². The Kier molecular flexibility index (Phi) is 2.80. The number of hydrogen-bond acceptors (Lipinski definition) is 4. The van der Waals surface area contributed by atoms with Gasteiger partial charge >= 0.3 is 0 Å². The summed E-state index contributed by atoms with van der Waals surface area (Å²) < 4.78 is 32.0. The highest BCUT2D eigenvalue weighted by Crippen LogP contribution is 2.27. The maximum absolute atomic E-state index is 13.7. The van der Waals surface area contributed by atoms with Crippen LogP contribution in [0.2, 0.25) is 0 Å². The monoisotopic (exact) mass is 253 g/mol. The number of anilines is 1. The van der Waals surface area contributed by atoms with Crippen molar-refractivity contribution in [3.63, 3.8) is 0 Å². The maximum atomic E-state index is 13.7. The molecule has 18 heavy (non-hydrogen) atoms. The van der Waals surface area contributed by atoms with Crippen LogP contribution in [0.3, 0.4) is 0 Å². The van der Waals surface area contributed by atoms with E-state index >= 15 is 0 Å². The van der Waals surface area contributed by atoms with E-state index in [9.17, 15) is 8.78 Å². The van der Waals surface area contributed by atoms with Gasteiger partial charge in [0, 0.05) is 11.5 Å². The number of nitrogen functional groups attached to an aromatic ring is 1. The summed E-state index contributed by atoms with van der Waals surface area (Å²) >= 11 is 0. The van der Waals surface area contributed by atoms with Gasteiger partial charge in [0.15, 0.2) is 0 Å². The molecule has 2 aromatic rings. The number of hydrogen-bond donors (Lipinski definition) is 1. The first kappa shape index (κ1) is 12.5. The normalized spacial score (nSPS) is 11.8. The fourth-order valence-corrected chi connectivity index (χ4v) is 1.37. The molecule has 0 saturated heterocycles. The van der Waals surface area contributed by atoms with Crippen LogP contribution in [0.1, 0.15) is 26.7 Å². The van der Waals surface area contributed by atoms with Gasteiger partial charge in [0.05, 0.1) is 11.3 Å². The lowest BCUT2D eigenvalue weighted by molar-refractivity contribution is 0.321. The zero-order valence-corrected chi connectivity index (χ0v) is 10.3. The zero-order chi connectivity index (χ0) is 13.5. The van der Waals surface area contributed by atoms with Gasteiger partial charge in [-0.25, -0.2) is 8.78 Å². The molecule has 0 atom stereocenters. The van der Waals surface area contributed by atoms with E-state index in [0.29, 0.717) is 5.89 Å². The SMILES string of the molecule is CC(C)(C)c1nc(-c2cc(F)c(N)cc2F)no1. The van der Waals surface area contributed by atoms with E-state index in [2.05, 4.69) is 10.1 Å². The molecule has 4 nitrogen and oxygen atoms in total. The summed E-state index contributed by atoms with van der Waals surface area (Å²) in [7, 11) is 0. The third-order valence-corrected chi connectivity index (χ3v) is 2.39. The van der Waals surface area contributed by atoms with E-state index in [1.54, 1.807) is 0 Å². The summed E-state index contributed by atoms with van der Waals surface area (Å²) in [5, 5.41) is 3.65. The van der Waals surface area contributed by atoms with Gasteiger partial charge in [-0.2, -0.15) is 4.98 Å². The van der Waals surface area contributed by atoms with Gasteiger partial charge in [-0.05, 0) is 6.07 Å². The molecule has 0 radical (unpaired) electrons. The average Bonchev–Trinajstić information content (AvgIpc) is 2.72. The molecule has 1 heterocycles. The van der Waals surface area contributed by atoms with E-state index in [1.165, 1.54) is 0 Å². The molecule has 0 spiro atoms. The van der Waals surface area contributed by atoms with Gasteiger partial charge in [0.25, 0.3) is 0 Å². The van der Waals surface area contributed by atoms with Crippen molar-refractivity contribution in [2.75, 3.05) is 5.73 Å². The lowest BCUT2D eigenvalue weighted by Gasteiger charge is -2.10. The molecule has 0 aliphatic carbocycles. The van der Waals surface area contributed by atoms with Crippen molar-refractivity contribution in [1.29, 1.82) is 0 Å². The fraction of sp³-hybridized carbons (Fsp3) is 0.333. The smallest absolute Gasteiger partial charge is 0.232 e. The van der Waals surface area contributed by atoms with Crippen LogP contribution in [0.4, 0.5) is 14.5 Å². The molecule has 1 aromatic heterocycles. The molecule has 0 aliphatic heterocycles. The number of rotatable bonds is 1. The maximum Gasteiger partial charge on any atom is 0.232 e. The Labute approximate surface area is 103 Å². The minimum absolute atomic E-state index is 0.0105. The largest absolute Gasteiger partial charge is 0.396 e. The molecule has 96 valence electrons. The van der Waals surface area contributed by atoms with E-state index in [-0.39, 0.29) is 22.5 Å². The van der Waals surface area contributed by atoms with Crippen molar-refractivity contribution in [3.8, 4) is 11.4 Å². The van der Waals surface area contributed by atoms with Crippen molar-refractivity contribution in [3.05, 3.63) is 29.7 Å². The molecule has 1 aromatic carbocycles. The first-order valence-corrected chi connectivity index (χ1v) is 5.38. The molecule has 0 fully saturated rings. The molecular weight excluding hydrogens is 240 g/mol. The molecule has 2 N–H and O–H groups in total. The summed E-state index contributed by atoms with van der Waals surface area (Å²) in [5.74, 6) is -1.03. The van der Waals surface area contributed by atoms with Crippen molar-refractivity contribution in [2.45, 2.75) is 26.2 Å². The predicted octanol–water partition coefficient (Wildman–Crippen LogP) is 2.89. The minimum atomic E-state index is -0.714. The second-order valence-corrected chi connectivity index (χ2v) is 5.03. The summed E-state index contributed by atoms with van der Waals surface area (Å²) in [6, 6.07) is 1.86. The molecule has 0 unspecified atom stereocenters. The second kappa shape index (κ2) is 4.04. The van der Waals surface area contributed by atoms with Gasteiger partial charge in [-0.15, -0.1) is 0 Å². The van der Waals surface area contributed by atoms with Gasteiger partial charge in [-0.1, -0.05) is 25.9 Å². The lowest BCUT2D eigenvalue weighted by Crippen LogP contribution is -2.11. The standard InChI is InChI=1S/C12H13F2N3O/c1-12(2,3)11-16-10(17-18-11)6-4-8(14)9(15)5-7(6)13/h4-5H,15H2,1-3H3. The first-order chi connectivity index (χ1) is 8.29. The van der Waals surface area contributed by atoms with Crippen molar-refractivity contribution >= 4 is 5.69 Å². The zero-order valence-electron chi connectivity index (χ0n) is 10.3. The quantitative estimate of drug-likeness (QED) is 0.793. The molecule has 2 rings (SSSR count). The second-order valence-electron chi connectivity index (χ2n) is 5.03. The van der Waals surface area contributed by atoms with Crippen molar-refractivity contribution in [1.82, 2.24) is 10.1 Å². The van der Waals surface area contributed by atoms with E-state index < -0.39 is 11.6 Å². The Balaban J connectivity index is 2.50. The topological polar surface area (TPSA) is 64.9 Å². The molecule has 0 bridgehead atoms. The summed E-state index contributed by atoms with van der Waals surface area (Å²) in [6.45, 7) is 5.64. The molecule has 0 aliphatic rings. The average molecular weight is 253 g/mol. The summed E-state index contributed by atoms with van der Waals surface area (Å²) in [5.41, 5.74) is 4.59. The van der Waals surface area contributed by atoms with Crippen LogP contribution in [-0.4, -0.2) is 10.1 Å². The van der Waals surface area contributed by atoms with Gasteiger partial charge in [0.2, 0.25) is 11.7 Å². The van der Waals surface area contributed by atoms with E-state index in [1.807, 2.05) is 20.8 Å². The van der Waals surface area contributed by atoms with Crippen molar-refractivity contribution in [2.24, 2.45) is 0 Å². The van der Waals surface area contributed by atoms with Crippen LogP contribution >= 0.6 is 0 Å². The Morgan fingerprint density at radius 1 is 1.17 bits per heavy atom. The van der Waals surface area contributed by atoms with E-state index in [0.717, 1.165) is 12.1 Å². The molecule has 0 amide bonds. The third-order valence-electron chi connectivity index (χ3n) is 2.39. The Hall–Kier alpha value is -1.98. The number of nitrogens with two attached hydrogens (primary N) is 1.